The zero-order valence-corrected chi connectivity index (χ0v) is 93.9. The molecule has 138 heavy (non-hydrogen) atoms. The van der Waals surface area contributed by atoms with E-state index >= 15 is 0 Å². The molecule has 12 rings (SSSR count). The van der Waals surface area contributed by atoms with Crippen LogP contribution in [0.5, 0.6) is 0 Å². The van der Waals surface area contributed by atoms with E-state index in [4.69, 9.17) is 39.6 Å². The van der Waals surface area contributed by atoms with E-state index in [2.05, 4.69) is 378 Å². The number of hydrazine groups is 5. The van der Waals surface area contributed by atoms with Crippen LogP contribution in [0.2, 0.25) is 0 Å². The highest BCUT2D eigenvalue weighted by Crippen LogP contribution is 2.43. The van der Waals surface area contributed by atoms with Crippen molar-refractivity contribution in [3.63, 3.8) is 0 Å². The number of hydrogen-bond donors (Lipinski definition) is 14. The minimum Gasteiger partial charge on any atom is -0.369 e. The fourth-order valence-electron chi connectivity index (χ4n) is 27.5. The van der Waals surface area contributed by atoms with Crippen molar-refractivity contribution in [3.05, 3.63) is 47.6 Å². The van der Waals surface area contributed by atoms with E-state index in [-0.39, 0.29) is 137 Å². The van der Waals surface area contributed by atoms with Gasteiger partial charge >= 0.3 is 0 Å². The van der Waals surface area contributed by atoms with Crippen LogP contribution in [-0.4, -0.2) is 277 Å². The van der Waals surface area contributed by atoms with Gasteiger partial charge < -0.3 is 77.3 Å². The van der Waals surface area contributed by atoms with Gasteiger partial charge in [-0.05, 0) is 355 Å². The smallest absolute Gasteiger partial charge is 0.157 e. The van der Waals surface area contributed by atoms with E-state index in [0.717, 1.165) is 221 Å². The normalized spacial score (nSPS) is 27.0. The molecule has 12 heterocycles. The molecular formula is C106H202N28O4. The topological polar surface area (TPSA) is 287 Å². The Hall–Kier alpha value is -5.88. The molecule has 8 fully saturated rings. The number of hydrazone groups is 3. The van der Waals surface area contributed by atoms with Crippen molar-refractivity contribution in [3.8, 4) is 0 Å². The first-order valence-corrected chi connectivity index (χ1v) is 54.2. The quantitative estimate of drug-likeness (QED) is 0.0275. The highest BCUT2D eigenvalue weighted by atomic mass is 16.8. The Labute approximate surface area is 837 Å². The average molecular weight is 1930 g/mol. The number of unbranched alkanes of at least 4 members (excludes halogenated alkanes) is 4. The maximum absolute atomic E-state index is 7.49. The lowest BCUT2D eigenvalue weighted by molar-refractivity contribution is -0.262. The molecule has 12 aliphatic heterocycles. The van der Waals surface area contributed by atoms with Crippen LogP contribution in [0.1, 0.15) is 403 Å². The number of amidine groups is 4. The lowest BCUT2D eigenvalue weighted by atomic mass is 9.79. The van der Waals surface area contributed by atoms with Gasteiger partial charge in [0.25, 0.3) is 0 Å². The molecule has 0 aromatic rings. The Balaban J connectivity index is 1.03. The Kier molecular flexibility index (Phi) is 34.3. The summed E-state index contributed by atoms with van der Waals surface area (Å²) in [7, 11) is 0. The van der Waals surface area contributed by atoms with Gasteiger partial charge in [-0.1, -0.05) is 69.2 Å². The molecule has 0 aromatic carbocycles. The molecule has 0 saturated carbocycles. The van der Waals surface area contributed by atoms with Crippen molar-refractivity contribution >= 4 is 23.3 Å². The van der Waals surface area contributed by atoms with Crippen molar-refractivity contribution in [1.82, 2.24) is 126 Å². The summed E-state index contributed by atoms with van der Waals surface area (Å²) in [5.74, 6) is 6.84. The van der Waals surface area contributed by atoms with Crippen LogP contribution < -0.4 is 75.0 Å². The Morgan fingerprint density at radius 1 is 0.290 bits per heavy atom. The number of piperidine rings is 8. The number of hydrogen-bond acceptors (Lipinski definition) is 31. The van der Waals surface area contributed by atoms with Crippen molar-refractivity contribution in [2.75, 3.05) is 65.4 Å². The highest BCUT2D eigenvalue weighted by Gasteiger charge is 2.51. The maximum Gasteiger partial charge on any atom is 0.157 e. The minimum absolute atomic E-state index is 0.105. The fourth-order valence-corrected chi connectivity index (χ4v) is 27.5. The SMILES string of the molecule is CCCCN(C1=CC(N(CCN=C2C=C(N(CCCC)C3CC(C)(C)NC(C)(C)C3)NN(OC3CC(C)(C)NC(C)(C)C3)N2)CCN(CCNC2=CC(N(CCCC)C3CC(C)(C)NC(C)(C)C3)=NN(OC3CC(C)(C)NC(C)(C)C3)N2)C2=NN(OC3CC(C)(C)NC(C)(C)C3)NC(N(CCCC)C3CC(C)(C)NC(C)(C)C3)=C2)=NN(OC2CC(C)(C)NC(C)(C)C2)N1)C1CC(C)(C)NC(C)(C)C1. The van der Waals surface area contributed by atoms with Gasteiger partial charge in [-0.3, -0.25) is 20.7 Å². The van der Waals surface area contributed by atoms with Gasteiger partial charge in [0.15, 0.2) is 17.5 Å². The third-order valence-electron chi connectivity index (χ3n) is 29.6. The first-order chi connectivity index (χ1) is 63.7. The molecule has 0 aliphatic carbocycles. The van der Waals surface area contributed by atoms with E-state index in [1.165, 1.54) is 0 Å². The molecule has 32 nitrogen and oxygen atoms in total. The first kappa shape index (κ1) is 111. The maximum atomic E-state index is 7.49. The largest absolute Gasteiger partial charge is 0.369 e. The molecule has 12 aliphatic rings. The van der Waals surface area contributed by atoms with Crippen molar-refractivity contribution < 1.29 is 19.4 Å². The second-order valence-electron chi connectivity index (χ2n) is 54.5. The van der Waals surface area contributed by atoms with Gasteiger partial charge in [0.2, 0.25) is 0 Å². The summed E-state index contributed by atoms with van der Waals surface area (Å²) in [6.07, 6.45) is 30.8. The second-order valence-corrected chi connectivity index (χ2v) is 54.5. The molecule has 14 N–H and O–H groups in total. The van der Waals surface area contributed by atoms with Gasteiger partial charge in [-0.25, -0.2) is 30.8 Å². The number of nitrogens with zero attached hydrogens (tertiary/aromatic N) is 14. The standard InChI is InChI=1S/C106H202N28O4/c1-37-41-47-127(75-59-91(5,6)117-92(7,8)60-75)87-55-83(109-131(113-87)135-79-67-99(21,22)121-100(23,24)68-79)107-45-51-125(85-57-89(115-133(111-85)137-81-71-103(29,30)123-104(31,32)72-81)129(49-43-39-3)77-63-95(13,14)119-96(15,16)64-77)53-54-126(86-58-90(116-134(112-86)138-82-73-105(33,34)124-106(35,36)74-82)130(50-44-40-4)78-65-97(17,18)120-98(19,20)66-78)52-46-108-84-56-88(114-132(110-84)136-80-69-101(25,26)122-102(27,28)70-80)128(48-42-38-2)76-61-93(9,10)118-94(11,12)62-76/h55-58,75-82,107,109,114-124H,37-54,59-74H2,1-36H3,(H,108,110). The lowest BCUT2D eigenvalue weighted by Gasteiger charge is -2.51. The summed E-state index contributed by atoms with van der Waals surface area (Å²) in [5, 5.41) is 60.1. The number of aliphatic imine (C=N–C) groups is 1. The van der Waals surface area contributed by atoms with Crippen LogP contribution >= 0.6 is 0 Å². The monoisotopic (exact) mass is 1930 g/mol. The molecular weight excluding hydrogens is 1730 g/mol. The summed E-state index contributed by atoms with van der Waals surface area (Å²) in [6.45, 7) is 90.1. The fraction of sp³-hybridized carbons (Fsp3) is 0.887. The average Bonchev–Trinajstić information content (AvgIpc) is 0.792. The molecule has 0 spiro atoms. The van der Waals surface area contributed by atoms with Crippen LogP contribution in [0.3, 0.4) is 0 Å². The van der Waals surface area contributed by atoms with Crippen LogP contribution in [0, 0.1) is 0 Å². The molecule has 0 atom stereocenters. The molecule has 0 unspecified atom stereocenters. The van der Waals surface area contributed by atoms with Crippen LogP contribution in [0.25, 0.3) is 0 Å². The van der Waals surface area contributed by atoms with Gasteiger partial charge in [-0.15, -0.1) is 15.3 Å². The third kappa shape index (κ3) is 32.3. The molecule has 0 radical (unpaired) electrons. The summed E-state index contributed by atoms with van der Waals surface area (Å²) in [6, 6.07) is 0.776. The van der Waals surface area contributed by atoms with E-state index in [1.54, 1.807) is 21.1 Å². The van der Waals surface area contributed by atoms with Crippen molar-refractivity contribution in [2.24, 2.45) is 20.3 Å². The summed E-state index contributed by atoms with van der Waals surface area (Å²) in [4.78, 5) is 50.8. The molecule has 790 valence electrons. The van der Waals surface area contributed by atoms with Gasteiger partial charge in [0.05, 0.1) is 31.0 Å². The summed E-state index contributed by atoms with van der Waals surface area (Å²) >= 11 is 0. The van der Waals surface area contributed by atoms with Gasteiger partial charge in [-0.2, -0.15) is 0 Å². The number of nitrogens with one attached hydrogen (secondary N) is 14. The van der Waals surface area contributed by atoms with E-state index < -0.39 is 0 Å². The van der Waals surface area contributed by atoms with Crippen LogP contribution in [-0.2, 0) is 19.4 Å². The second kappa shape index (κ2) is 42.7. The van der Waals surface area contributed by atoms with E-state index in [9.17, 15) is 0 Å². The zero-order chi connectivity index (χ0) is 101. The highest BCUT2D eigenvalue weighted by molar-refractivity contribution is 5.96. The molecule has 32 heteroatoms. The van der Waals surface area contributed by atoms with Crippen molar-refractivity contribution in [1.29, 1.82) is 0 Å². The summed E-state index contributed by atoms with van der Waals surface area (Å²) in [5.41, 5.74) is 16.7. The molecule has 8 saturated heterocycles. The Morgan fingerprint density at radius 3 is 0.862 bits per heavy atom. The Morgan fingerprint density at radius 2 is 0.551 bits per heavy atom. The van der Waals surface area contributed by atoms with E-state index in [1.807, 2.05) is 0 Å². The predicted molar refractivity (Wildman–Crippen MR) is 566 cm³/mol. The third-order valence-corrected chi connectivity index (χ3v) is 29.6. The summed E-state index contributed by atoms with van der Waals surface area (Å²) < 4.78 is 0. The lowest BCUT2D eigenvalue weighted by Crippen LogP contribution is -2.65. The van der Waals surface area contributed by atoms with Crippen LogP contribution in [0.15, 0.2) is 67.9 Å². The van der Waals surface area contributed by atoms with Gasteiger partial charge in [0, 0.05) is 196 Å². The Bertz CT molecular complexity index is 4170. The molecule has 0 aromatic heterocycles. The van der Waals surface area contributed by atoms with Crippen LogP contribution in [0.4, 0.5) is 0 Å². The number of rotatable bonds is 37. The predicted octanol–water partition coefficient (Wildman–Crippen LogP) is 15.3. The molecule has 0 bridgehead atoms. The zero-order valence-electron chi connectivity index (χ0n) is 93.9. The van der Waals surface area contributed by atoms with Crippen molar-refractivity contribution in [2.45, 2.75) is 541 Å². The first-order valence-electron chi connectivity index (χ1n) is 54.2. The molecule has 0 amide bonds. The minimum atomic E-state index is -0.214. The van der Waals surface area contributed by atoms with E-state index in [0.29, 0.717) is 45.1 Å². The van der Waals surface area contributed by atoms with Gasteiger partial charge in [0.1, 0.15) is 29.1 Å².